The van der Waals surface area contributed by atoms with Crippen LogP contribution in [0.4, 0.5) is 4.39 Å². The Morgan fingerprint density at radius 3 is 2.65 bits per heavy atom. The van der Waals surface area contributed by atoms with Gasteiger partial charge in [-0.15, -0.1) is 0 Å². The molecule has 0 bridgehead atoms. The third kappa shape index (κ3) is 2.48. The predicted molar refractivity (Wildman–Crippen MR) is 80.0 cm³/mol. The highest BCUT2D eigenvalue weighted by Gasteiger charge is 2.25. The van der Waals surface area contributed by atoms with E-state index in [-0.39, 0.29) is 11.9 Å². The van der Waals surface area contributed by atoms with Gasteiger partial charge in [0.2, 0.25) is 0 Å². The molecule has 0 aromatic heterocycles. The molecule has 20 heavy (non-hydrogen) atoms. The first-order valence-electron chi connectivity index (χ1n) is 7.23. The van der Waals surface area contributed by atoms with E-state index in [1.54, 1.807) is 6.92 Å². The summed E-state index contributed by atoms with van der Waals surface area (Å²) in [6, 6.07) is 13.8. The Kier molecular flexibility index (Phi) is 3.58. The van der Waals surface area contributed by atoms with Crippen molar-refractivity contribution in [3.63, 3.8) is 0 Å². The molecular weight excluding hydrogens is 249 g/mol. The third-order valence-electron chi connectivity index (χ3n) is 4.46. The Hall–Kier alpha value is -1.67. The molecule has 104 valence electrons. The van der Waals surface area contributed by atoms with E-state index in [4.69, 9.17) is 5.73 Å². The molecule has 0 spiro atoms. The van der Waals surface area contributed by atoms with E-state index in [9.17, 15) is 4.39 Å². The van der Waals surface area contributed by atoms with Gasteiger partial charge in [-0.3, -0.25) is 0 Å². The van der Waals surface area contributed by atoms with Gasteiger partial charge in [0, 0.05) is 6.04 Å². The molecule has 0 aliphatic heterocycles. The van der Waals surface area contributed by atoms with Gasteiger partial charge >= 0.3 is 0 Å². The van der Waals surface area contributed by atoms with Crippen molar-refractivity contribution in [1.29, 1.82) is 0 Å². The van der Waals surface area contributed by atoms with E-state index >= 15 is 0 Å². The van der Waals surface area contributed by atoms with Crippen LogP contribution >= 0.6 is 0 Å². The lowest BCUT2D eigenvalue weighted by Crippen LogP contribution is -2.27. The lowest BCUT2D eigenvalue weighted by atomic mass is 9.78. The quantitative estimate of drug-likeness (QED) is 0.878. The number of rotatable bonds is 2. The normalized spacial score (nSPS) is 19.4. The Morgan fingerprint density at radius 1 is 1.15 bits per heavy atom. The van der Waals surface area contributed by atoms with E-state index in [1.807, 2.05) is 12.1 Å². The lowest BCUT2D eigenvalue weighted by molar-refractivity contribution is 0.382. The molecule has 3 rings (SSSR count). The average molecular weight is 269 g/mol. The highest BCUT2D eigenvalue weighted by molar-refractivity contribution is 5.32. The van der Waals surface area contributed by atoms with Gasteiger partial charge in [0.15, 0.2) is 0 Å². The third-order valence-corrected chi connectivity index (χ3v) is 4.46. The SMILES string of the molecule is Cc1cc(C(N)C2CCc3ccccc3C2)ccc1F. The summed E-state index contributed by atoms with van der Waals surface area (Å²) >= 11 is 0. The fourth-order valence-electron chi connectivity index (χ4n) is 3.18. The van der Waals surface area contributed by atoms with Gasteiger partial charge in [-0.05, 0) is 60.4 Å². The minimum absolute atomic E-state index is 0.0114. The largest absolute Gasteiger partial charge is 0.324 e. The van der Waals surface area contributed by atoms with Gasteiger partial charge in [0.05, 0.1) is 0 Å². The summed E-state index contributed by atoms with van der Waals surface area (Å²) in [5.74, 6) is 0.282. The molecule has 1 nitrogen and oxygen atoms in total. The van der Waals surface area contributed by atoms with Crippen molar-refractivity contribution in [2.24, 2.45) is 11.7 Å². The molecule has 1 aliphatic carbocycles. The second-order valence-corrected chi connectivity index (χ2v) is 5.81. The van der Waals surface area contributed by atoms with E-state index in [1.165, 1.54) is 17.2 Å². The maximum atomic E-state index is 13.4. The van der Waals surface area contributed by atoms with Crippen molar-refractivity contribution in [2.45, 2.75) is 32.2 Å². The first-order chi connectivity index (χ1) is 9.65. The first kappa shape index (κ1) is 13.3. The average Bonchev–Trinajstić information content (AvgIpc) is 2.49. The van der Waals surface area contributed by atoms with Crippen LogP contribution in [0.15, 0.2) is 42.5 Å². The molecule has 2 aromatic rings. The van der Waals surface area contributed by atoms with Crippen LogP contribution in [0.1, 0.15) is 34.7 Å². The zero-order valence-electron chi connectivity index (χ0n) is 11.8. The minimum Gasteiger partial charge on any atom is -0.324 e. The molecule has 2 atom stereocenters. The molecule has 2 N–H and O–H groups in total. The van der Waals surface area contributed by atoms with Crippen molar-refractivity contribution in [1.82, 2.24) is 0 Å². The van der Waals surface area contributed by atoms with Crippen LogP contribution in [0.25, 0.3) is 0 Å². The number of benzene rings is 2. The Morgan fingerprint density at radius 2 is 1.90 bits per heavy atom. The molecule has 0 saturated heterocycles. The standard InChI is InChI=1S/C18H20FN/c1-12-10-15(8-9-17(12)19)18(20)16-7-6-13-4-2-3-5-14(13)11-16/h2-5,8-10,16,18H,6-7,11,20H2,1H3. The molecule has 2 aromatic carbocycles. The molecule has 0 saturated carbocycles. The first-order valence-corrected chi connectivity index (χ1v) is 7.23. The van der Waals surface area contributed by atoms with Gasteiger partial charge in [-0.2, -0.15) is 0 Å². The fraction of sp³-hybridized carbons (Fsp3) is 0.333. The zero-order chi connectivity index (χ0) is 14.1. The summed E-state index contributed by atoms with van der Waals surface area (Å²) in [4.78, 5) is 0. The highest BCUT2D eigenvalue weighted by atomic mass is 19.1. The smallest absolute Gasteiger partial charge is 0.126 e. The van der Waals surface area contributed by atoms with E-state index in [0.717, 1.165) is 24.8 Å². The Balaban J connectivity index is 1.82. The summed E-state index contributed by atoms with van der Waals surface area (Å²) in [6.45, 7) is 1.79. The number of hydrogen-bond donors (Lipinski definition) is 1. The fourth-order valence-corrected chi connectivity index (χ4v) is 3.18. The van der Waals surface area contributed by atoms with Crippen molar-refractivity contribution < 1.29 is 4.39 Å². The second-order valence-electron chi connectivity index (χ2n) is 5.81. The van der Waals surface area contributed by atoms with Gasteiger partial charge < -0.3 is 5.73 Å². The van der Waals surface area contributed by atoms with Crippen LogP contribution in [-0.2, 0) is 12.8 Å². The van der Waals surface area contributed by atoms with Crippen molar-refractivity contribution >= 4 is 0 Å². The van der Waals surface area contributed by atoms with Crippen molar-refractivity contribution in [2.75, 3.05) is 0 Å². The van der Waals surface area contributed by atoms with Crippen LogP contribution < -0.4 is 5.73 Å². The Labute approximate surface area is 119 Å². The molecule has 2 heteroatoms. The van der Waals surface area contributed by atoms with Gasteiger partial charge in [-0.1, -0.05) is 36.4 Å². The maximum absolute atomic E-state index is 13.4. The molecule has 0 radical (unpaired) electrons. The van der Waals surface area contributed by atoms with Crippen LogP contribution in [0.2, 0.25) is 0 Å². The van der Waals surface area contributed by atoms with Gasteiger partial charge in [0.25, 0.3) is 0 Å². The summed E-state index contributed by atoms with van der Waals surface area (Å²) in [6.07, 6.45) is 3.22. The predicted octanol–water partition coefficient (Wildman–Crippen LogP) is 3.94. The molecule has 2 unspecified atom stereocenters. The van der Waals surface area contributed by atoms with Gasteiger partial charge in [-0.25, -0.2) is 4.39 Å². The van der Waals surface area contributed by atoms with E-state index in [0.29, 0.717) is 11.5 Å². The number of fused-ring (bicyclic) bond motifs is 1. The highest BCUT2D eigenvalue weighted by Crippen LogP contribution is 2.33. The summed E-state index contributed by atoms with van der Waals surface area (Å²) < 4.78 is 13.4. The van der Waals surface area contributed by atoms with Crippen LogP contribution in [0, 0.1) is 18.7 Å². The summed E-state index contributed by atoms with van der Waals surface area (Å²) in [5, 5.41) is 0. The molecule has 1 aliphatic rings. The number of hydrogen-bond acceptors (Lipinski definition) is 1. The van der Waals surface area contributed by atoms with E-state index < -0.39 is 0 Å². The molecule has 0 amide bonds. The monoisotopic (exact) mass is 269 g/mol. The lowest BCUT2D eigenvalue weighted by Gasteiger charge is -2.29. The minimum atomic E-state index is -0.157. The van der Waals surface area contributed by atoms with Crippen LogP contribution in [0.5, 0.6) is 0 Å². The number of nitrogens with two attached hydrogens (primary N) is 1. The topological polar surface area (TPSA) is 26.0 Å². The summed E-state index contributed by atoms with van der Waals surface area (Å²) in [7, 11) is 0. The molecular formula is C18H20FN. The van der Waals surface area contributed by atoms with Gasteiger partial charge in [0.1, 0.15) is 5.82 Å². The second kappa shape index (κ2) is 5.37. The van der Waals surface area contributed by atoms with Crippen molar-refractivity contribution in [3.8, 4) is 0 Å². The number of aryl methyl sites for hydroxylation is 2. The van der Waals surface area contributed by atoms with Crippen LogP contribution in [-0.4, -0.2) is 0 Å². The molecule has 0 heterocycles. The zero-order valence-corrected chi connectivity index (χ0v) is 11.8. The maximum Gasteiger partial charge on any atom is 0.126 e. The Bertz CT molecular complexity index is 621. The summed E-state index contributed by atoms with van der Waals surface area (Å²) in [5.41, 5.74) is 11.0. The van der Waals surface area contributed by atoms with Crippen molar-refractivity contribution in [3.05, 3.63) is 70.5 Å². The number of halogens is 1. The molecule has 0 fully saturated rings. The van der Waals surface area contributed by atoms with Crippen LogP contribution in [0.3, 0.4) is 0 Å². The van der Waals surface area contributed by atoms with E-state index in [2.05, 4.69) is 24.3 Å².